The van der Waals surface area contributed by atoms with Gasteiger partial charge in [-0.2, -0.15) is 0 Å². The fourth-order valence-electron chi connectivity index (χ4n) is 3.86. The zero-order chi connectivity index (χ0) is 17.8. The first kappa shape index (κ1) is 17.9. The van der Waals surface area contributed by atoms with Crippen molar-refractivity contribution in [3.05, 3.63) is 17.5 Å². The minimum Gasteiger partial charge on any atom is -0.359 e. The number of aromatic nitrogens is 1. The van der Waals surface area contributed by atoms with Crippen LogP contribution in [-0.4, -0.2) is 67.0 Å². The largest absolute Gasteiger partial charge is 0.359 e. The maximum atomic E-state index is 12.9. The van der Waals surface area contributed by atoms with Gasteiger partial charge < -0.3 is 19.6 Å². The molecule has 7 nitrogen and oxygen atoms in total. The Balaban J connectivity index is 1.70. The van der Waals surface area contributed by atoms with Crippen molar-refractivity contribution in [3.8, 4) is 0 Å². The Kier molecular flexibility index (Phi) is 5.73. The normalized spacial score (nSPS) is 23.3. The van der Waals surface area contributed by atoms with Crippen molar-refractivity contribution in [1.82, 2.24) is 20.3 Å². The van der Waals surface area contributed by atoms with Crippen molar-refractivity contribution in [2.24, 2.45) is 5.92 Å². The average molecular weight is 348 g/mol. The van der Waals surface area contributed by atoms with E-state index in [0.29, 0.717) is 31.3 Å². The Morgan fingerprint density at radius 1 is 1.20 bits per heavy atom. The van der Waals surface area contributed by atoms with Gasteiger partial charge in [0.2, 0.25) is 11.7 Å². The second-order valence-electron chi connectivity index (χ2n) is 7.28. The van der Waals surface area contributed by atoms with Gasteiger partial charge in [-0.25, -0.2) is 0 Å². The van der Waals surface area contributed by atoms with E-state index in [9.17, 15) is 9.59 Å². The molecule has 1 saturated heterocycles. The Labute approximate surface area is 148 Å². The lowest BCUT2D eigenvalue weighted by Gasteiger charge is -2.22. The van der Waals surface area contributed by atoms with Gasteiger partial charge in [0.25, 0.3) is 5.91 Å². The molecule has 1 N–H and O–H groups in total. The summed E-state index contributed by atoms with van der Waals surface area (Å²) in [6, 6.07) is 1.81. The molecule has 1 aliphatic heterocycles. The molecule has 0 unspecified atom stereocenters. The Morgan fingerprint density at radius 2 is 1.96 bits per heavy atom. The van der Waals surface area contributed by atoms with E-state index in [1.807, 2.05) is 13.1 Å². The van der Waals surface area contributed by atoms with Gasteiger partial charge in [-0.1, -0.05) is 24.4 Å². The molecule has 0 aromatic carbocycles. The molecular formula is C18H28N4O3. The summed E-state index contributed by atoms with van der Waals surface area (Å²) >= 11 is 0. The molecule has 1 aliphatic carbocycles. The van der Waals surface area contributed by atoms with Crippen LogP contribution in [-0.2, 0) is 4.79 Å². The third-order valence-corrected chi connectivity index (χ3v) is 5.39. The molecule has 2 heterocycles. The number of carbonyl (C=O) groups excluding carboxylic acids is 2. The zero-order valence-electron chi connectivity index (χ0n) is 15.2. The molecule has 1 atom stereocenters. The number of nitrogens with zero attached hydrogens (tertiary/aromatic N) is 3. The van der Waals surface area contributed by atoms with Crippen LogP contribution in [0, 0.1) is 5.92 Å². The van der Waals surface area contributed by atoms with Crippen LogP contribution >= 0.6 is 0 Å². The molecule has 0 radical (unpaired) electrons. The summed E-state index contributed by atoms with van der Waals surface area (Å²) < 4.78 is 5.37. The Morgan fingerprint density at radius 3 is 2.68 bits per heavy atom. The quantitative estimate of drug-likeness (QED) is 0.895. The molecule has 0 spiro atoms. The first-order valence-corrected chi connectivity index (χ1v) is 9.24. The van der Waals surface area contributed by atoms with Crippen LogP contribution in [0.5, 0.6) is 0 Å². The van der Waals surface area contributed by atoms with Crippen LogP contribution in [0.2, 0.25) is 0 Å². The van der Waals surface area contributed by atoms with Crippen molar-refractivity contribution >= 4 is 11.8 Å². The molecular weight excluding hydrogens is 320 g/mol. The van der Waals surface area contributed by atoms with Crippen molar-refractivity contribution in [2.75, 3.05) is 40.3 Å². The lowest BCUT2D eigenvalue weighted by atomic mass is 9.87. The maximum Gasteiger partial charge on any atom is 0.292 e. The number of nitrogens with one attached hydrogen (secondary N) is 1. The molecule has 1 aromatic heterocycles. The SMILES string of the molecule is CNC(=O)[C@H]1CN(C)CCN(C(=O)c2cc(C3CCCCC3)no2)C1. The molecule has 2 amide bonds. The summed E-state index contributed by atoms with van der Waals surface area (Å²) in [6.45, 7) is 2.38. The Bertz CT molecular complexity index is 609. The monoisotopic (exact) mass is 348 g/mol. The fraction of sp³-hybridized carbons (Fsp3) is 0.722. The highest BCUT2D eigenvalue weighted by molar-refractivity contribution is 5.92. The van der Waals surface area contributed by atoms with E-state index < -0.39 is 0 Å². The molecule has 1 aromatic rings. The number of amides is 2. The van der Waals surface area contributed by atoms with Crippen molar-refractivity contribution in [1.29, 1.82) is 0 Å². The molecule has 7 heteroatoms. The minimum absolute atomic E-state index is 0.0352. The summed E-state index contributed by atoms with van der Waals surface area (Å²) in [6.07, 6.45) is 5.95. The number of rotatable bonds is 3. The van der Waals surface area contributed by atoms with Crippen molar-refractivity contribution < 1.29 is 14.1 Å². The smallest absolute Gasteiger partial charge is 0.292 e. The van der Waals surface area contributed by atoms with Crippen molar-refractivity contribution in [3.63, 3.8) is 0 Å². The fourth-order valence-corrected chi connectivity index (χ4v) is 3.86. The number of likely N-dealkylation sites (N-methyl/N-ethyl adjacent to an activating group) is 1. The van der Waals surface area contributed by atoms with E-state index in [4.69, 9.17) is 4.52 Å². The van der Waals surface area contributed by atoms with Gasteiger partial charge in [-0.15, -0.1) is 0 Å². The van der Waals surface area contributed by atoms with Gasteiger partial charge in [0.1, 0.15) is 0 Å². The standard InChI is InChI=1S/C18H28N4O3/c1-19-17(23)14-11-21(2)8-9-22(12-14)18(24)16-10-15(20-25-16)13-6-4-3-5-7-13/h10,13-14H,3-9,11-12H2,1-2H3,(H,19,23)/t14-/m0/s1. The molecule has 3 rings (SSSR count). The van der Waals surface area contributed by atoms with Gasteiger partial charge in [0.15, 0.2) is 0 Å². The molecule has 1 saturated carbocycles. The zero-order valence-corrected chi connectivity index (χ0v) is 15.2. The van der Waals surface area contributed by atoms with Crippen LogP contribution in [0.1, 0.15) is 54.3 Å². The van der Waals surface area contributed by atoms with Gasteiger partial charge in [0, 0.05) is 45.2 Å². The molecule has 2 fully saturated rings. The van der Waals surface area contributed by atoms with Gasteiger partial charge in [0.05, 0.1) is 11.6 Å². The highest BCUT2D eigenvalue weighted by atomic mass is 16.5. The summed E-state index contributed by atoms with van der Waals surface area (Å²) in [5, 5.41) is 6.84. The van der Waals surface area contributed by atoms with Crippen LogP contribution in [0.25, 0.3) is 0 Å². The highest BCUT2D eigenvalue weighted by Gasteiger charge is 2.31. The van der Waals surface area contributed by atoms with Crippen molar-refractivity contribution in [2.45, 2.75) is 38.0 Å². The summed E-state index contributed by atoms with van der Waals surface area (Å²) in [5.41, 5.74) is 0.901. The first-order chi connectivity index (χ1) is 12.1. The van der Waals surface area contributed by atoms with E-state index in [1.54, 1.807) is 11.9 Å². The second-order valence-corrected chi connectivity index (χ2v) is 7.28. The number of hydrogen-bond acceptors (Lipinski definition) is 5. The number of carbonyl (C=O) groups is 2. The Hall–Kier alpha value is -1.89. The maximum absolute atomic E-state index is 12.9. The van der Waals surface area contributed by atoms with E-state index in [0.717, 1.165) is 25.1 Å². The summed E-state index contributed by atoms with van der Waals surface area (Å²) in [7, 11) is 3.60. The van der Waals surface area contributed by atoms with E-state index in [-0.39, 0.29) is 17.7 Å². The average Bonchev–Trinajstić information content (AvgIpc) is 3.05. The van der Waals surface area contributed by atoms with Gasteiger partial charge in [-0.05, 0) is 19.9 Å². The highest BCUT2D eigenvalue weighted by Crippen LogP contribution is 2.32. The molecule has 0 bridgehead atoms. The van der Waals surface area contributed by atoms with E-state index >= 15 is 0 Å². The molecule has 25 heavy (non-hydrogen) atoms. The minimum atomic E-state index is -0.234. The molecule has 2 aliphatic rings. The van der Waals surface area contributed by atoms with Crippen LogP contribution in [0.3, 0.4) is 0 Å². The van der Waals surface area contributed by atoms with E-state index in [2.05, 4.69) is 15.4 Å². The van der Waals surface area contributed by atoms with Gasteiger partial charge >= 0.3 is 0 Å². The third-order valence-electron chi connectivity index (χ3n) is 5.39. The van der Waals surface area contributed by atoms with Crippen LogP contribution in [0.4, 0.5) is 0 Å². The van der Waals surface area contributed by atoms with Crippen LogP contribution < -0.4 is 5.32 Å². The lowest BCUT2D eigenvalue weighted by Crippen LogP contribution is -2.41. The first-order valence-electron chi connectivity index (χ1n) is 9.24. The van der Waals surface area contributed by atoms with E-state index in [1.165, 1.54) is 19.3 Å². The third kappa shape index (κ3) is 4.21. The molecule has 138 valence electrons. The summed E-state index contributed by atoms with van der Waals surface area (Å²) in [5.74, 6) is 0.265. The van der Waals surface area contributed by atoms with Crippen LogP contribution in [0.15, 0.2) is 10.6 Å². The predicted molar refractivity (Wildman–Crippen MR) is 93.3 cm³/mol. The lowest BCUT2D eigenvalue weighted by molar-refractivity contribution is -0.125. The second kappa shape index (κ2) is 7.99. The topological polar surface area (TPSA) is 78.7 Å². The predicted octanol–water partition coefficient (Wildman–Crippen LogP) is 1.47. The number of hydrogen-bond donors (Lipinski definition) is 1. The summed E-state index contributed by atoms with van der Waals surface area (Å²) in [4.78, 5) is 28.7. The van der Waals surface area contributed by atoms with Gasteiger partial charge in [-0.3, -0.25) is 9.59 Å².